The summed E-state index contributed by atoms with van der Waals surface area (Å²) < 4.78 is 2.26. The van der Waals surface area contributed by atoms with Crippen LogP contribution in [0.25, 0.3) is 11.1 Å². The molecule has 4 heteroatoms. The lowest BCUT2D eigenvalue weighted by atomic mass is 10.2. The Balaban J connectivity index is 2.53. The van der Waals surface area contributed by atoms with Gasteiger partial charge in [-0.2, -0.15) is 0 Å². The standard InChI is InChI=1S/C9H5Br2NS/c10-8-4-7(9(11)13-8)6-2-1-3-12-5-6/h1-5H. The summed E-state index contributed by atoms with van der Waals surface area (Å²) in [7, 11) is 0. The van der Waals surface area contributed by atoms with Gasteiger partial charge in [-0.05, 0) is 44.0 Å². The number of pyridine rings is 1. The van der Waals surface area contributed by atoms with Gasteiger partial charge < -0.3 is 0 Å². The highest BCUT2D eigenvalue weighted by Crippen LogP contribution is 2.37. The number of thiophene rings is 1. The molecular weight excluding hydrogens is 314 g/mol. The second-order valence-corrected chi connectivity index (χ2v) is 6.23. The van der Waals surface area contributed by atoms with Gasteiger partial charge in [-0.15, -0.1) is 11.3 Å². The molecule has 2 rings (SSSR count). The van der Waals surface area contributed by atoms with E-state index in [1.165, 1.54) is 5.56 Å². The fourth-order valence-electron chi connectivity index (χ4n) is 1.06. The average molecular weight is 319 g/mol. The third-order valence-corrected chi connectivity index (χ3v) is 3.97. The third-order valence-electron chi connectivity index (χ3n) is 1.63. The molecule has 0 amide bonds. The summed E-state index contributed by atoms with van der Waals surface area (Å²) in [5.41, 5.74) is 2.32. The van der Waals surface area contributed by atoms with E-state index in [2.05, 4.69) is 42.9 Å². The van der Waals surface area contributed by atoms with Crippen molar-refractivity contribution in [3.05, 3.63) is 38.2 Å². The van der Waals surface area contributed by atoms with Crippen molar-refractivity contribution in [2.75, 3.05) is 0 Å². The number of rotatable bonds is 1. The normalized spacial score (nSPS) is 10.3. The quantitative estimate of drug-likeness (QED) is 0.762. The highest BCUT2D eigenvalue weighted by Gasteiger charge is 2.06. The highest BCUT2D eigenvalue weighted by atomic mass is 79.9. The monoisotopic (exact) mass is 317 g/mol. The zero-order valence-corrected chi connectivity index (χ0v) is 10.5. The molecule has 2 aromatic rings. The number of aromatic nitrogens is 1. The molecule has 0 aliphatic rings. The minimum atomic E-state index is 1.12. The molecule has 2 aromatic heterocycles. The number of nitrogens with zero attached hydrogens (tertiary/aromatic N) is 1. The molecule has 0 radical (unpaired) electrons. The summed E-state index contributed by atoms with van der Waals surface area (Å²) in [6, 6.07) is 6.07. The summed E-state index contributed by atoms with van der Waals surface area (Å²) in [5.74, 6) is 0. The topological polar surface area (TPSA) is 12.9 Å². The predicted molar refractivity (Wildman–Crippen MR) is 63.0 cm³/mol. The minimum Gasteiger partial charge on any atom is -0.264 e. The maximum Gasteiger partial charge on any atom is 0.0789 e. The Kier molecular flexibility index (Phi) is 2.81. The maximum absolute atomic E-state index is 4.08. The summed E-state index contributed by atoms with van der Waals surface area (Å²) >= 11 is 8.63. The molecular formula is C9H5Br2NS. The lowest BCUT2D eigenvalue weighted by Gasteiger charge is -1.95. The van der Waals surface area contributed by atoms with Gasteiger partial charge in [0, 0.05) is 23.5 Å². The molecule has 0 fully saturated rings. The van der Waals surface area contributed by atoms with Crippen LogP contribution in [0.1, 0.15) is 0 Å². The van der Waals surface area contributed by atoms with Crippen molar-refractivity contribution in [2.45, 2.75) is 0 Å². The van der Waals surface area contributed by atoms with Crippen LogP contribution in [0.5, 0.6) is 0 Å². The number of hydrogen-bond acceptors (Lipinski definition) is 2. The van der Waals surface area contributed by atoms with Gasteiger partial charge in [-0.1, -0.05) is 6.07 Å². The molecule has 0 saturated carbocycles. The van der Waals surface area contributed by atoms with E-state index in [1.54, 1.807) is 17.5 Å². The lowest BCUT2D eigenvalue weighted by molar-refractivity contribution is 1.33. The second kappa shape index (κ2) is 3.90. The van der Waals surface area contributed by atoms with Crippen molar-refractivity contribution in [3.8, 4) is 11.1 Å². The van der Waals surface area contributed by atoms with Crippen molar-refractivity contribution in [1.29, 1.82) is 0 Å². The number of halogens is 2. The van der Waals surface area contributed by atoms with Crippen LogP contribution in [0.15, 0.2) is 38.2 Å². The largest absolute Gasteiger partial charge is 0.264 e. The molecule has 2 heterocycles. The van der Waals surface area contributed by atoms with Crippen molar-refractivity contribution < 1.29 is 0 Å². The lowest BCUT2D eigenvalue weighted by Crippen LogP contribution is -1.75. The summed E-state index contributed by atoms with van der Waals surface area (Å²) in [6.07, 6.45) is 3.64. The second-order valence-electron chi connectivity index (χ2n) is 2.48. The van der Waals surface area contributed by atoms with E-state index in [0.29, 0.717) is 0 Å². The number of hydrogen-bond donors (Lipinski definition) is 0. The molecule has 13 heavy (non-hydrogen) atoms. The fraction of sp³-hybridized carbons (Fsp3) is 0. The molecule has 0 aliphatic heterocycles. The van der Waals surface area contributed by atoms with Crippen molar-refractivity contribution in [1.82, 2.24) is 4.98 Å². The Morgan fingerprint density at radius 2 is 2.15 bits per heavy atom. The zero-order chi connectivity index (χ0) is 9.26. The van der Waals surface area contributed by atoms with Gasteiger partial charge in [-0.3, -0.25) is 4.98 Å². The van der Waals surface area contributed by atoms with Gasteiger partial charge in [0.2, 0.25) is 0 Å². The average Bonchev–Trinajstić information content (AvgIpc) is 2.47. The van der Waals surface area contributed by atoms with Crippen molar-refractivity contribution in [2.24, 2.45) is 0 Å². The molecule has 0 atom stereocenters. The summed E-state index contributed by atoms with van der Waals surface area (Å²) in [6.45, 7) is 0. The third kappa shape index (κ3) is 2.00. The van der Waals surface area contributed by atoms with Gasteiger partial charge in [-0.25, -0.2) is 0 Å². The van der Waals surface area contributed by atoms with E-state index >= 15 is 0 Å². The van der Waals surface area contributed by atoms with Gasteiger partial charge in [0.25, 0.3) is 0 Å². The van der Waals surface area contributed by atoms with E-state index in [-0.39, 0.29) is 0 Å². The Bertz CT molecular complexity index is 411. The van der Waals surface area contributed by atoms with Crippen LogP contribution in [0.4, 0.5) is 0 Å². The van der Waals surface area contributed by atoms with Crippen LogP contribution < -0.4 is 0 Å². The van der Waals surface area contributed by atoms with Gasteiger partial charge in [0.05, 0.1) is 7.57 Å². The highest BCUT2D eigenvalue weighted by molar-refractivity contribution is 9.12. The molecule has 0 aliphatic carbocycles. The van der Waals surface area contributed by atoms with Crippen LogP contribution in [0.3, 0.4) is 0 Å². The SMILES string of the molecule is Brc1cc(-c2cccnc2)c(Br)s1. The molecule has 0 unspecified atom stereocenters. The molecule has 0 aromatic carbocycles. The van der Waals surface area contributed by atoms with Crippen LogP contribution >= 0.6 is 43.2 Å². The first-order valence-electron chi connectivity index (χ1n) is 3.62. The first kappa shape index (κ1) is 9.37. The Hall–Kier alpha value is -0.190. The van der Waals surface area contributed by atoms with Gasteiger partial charge >= 0.3 is 0 Å². The van der Waals surface area contributed by atoms with Crippen LogP contribution in [-0.4, -0.2) is 4.98 Å². The van der Waals surface area contributed by atoms with E-state index in [4.69, 9.17) is 0 Å². The van der Waals surface area contributed by atoms with E-state index in [1.807, 2.05) is 18.3 Å². The maximum atomic E-state index is 4.08. The van der Waals surface area contributed by atoms with Crippen molar-refractivity contribution >= 4 is 43.2 Å². The molecule has 66 valence electrons. The van der Waals surface area contributed by atoms with E-state index in [0.717, 1.165) is 13.1 Å². The first-order valence-corrected chi connectivity index (χ1v) is 6.03. The molecule has 0 saturated heterocycles. The molecule has 0 bridgehead atoms. The molecule has 1 nitrogen and oxygen atoms in total. The van der Waals surface area contributed by atoms with E-state index < -0.39 is 0 Å². The van der Waals surface area contributed by atoms with Crippen molar-refractivity contribution in [3.63, 3.8) is 0 Å². The summed E-state index contributed by atoms with van der Waals surface area (Å²) in [5, 5.41) is 0. The first-order chi connectivity index (χ1) is 6.27. The Morgan fingerprint density at radius 3 is 2.69 bits per heavy atom. The molecule has 0 N–H and O–H groups in total. The summed E-state index contributed by atoms with van der Waals surface area (Å²) in [4.78, 5) is 4.08. The van der Waals surface area contributed by atoms with Gasteiger partial charge in [0.1, 0.15) is 0 Å². The van der Waals surface area contributed by atoms with Crippen LogP contribution in [0, 0.1) is 0 Å². The van der Waals surface area contributed by atoms with Crippen LogP contribution in [-0.2, 0) is 0 Å². The fourth-order valence-corrected chi connectivity index (χ4v) is 3.93. The molecule has 0 spiro atoms. The predicted octanol–water partition coefficient (Wildman–Crippen LogP) is 4.34. The van der Waals surface area contributed by atoms with Crippen LogP contribution in [0.2, 0.25) is 0 Å². The zero-order valence-electron chi connectivity index (χ0n) is 6.50. The van der Waals surface area contributed by atoms with E-state index in [9.17, 15) is 0 Å². The Morgan fingerprint density at radius 1 is 1.31 bits per heavy atom. The van der Waals surface area contributed by atoms with Gasteiger partial charge in [0.15, 0.2) is 0 Å². The smallest absolute Gasteiger partial charge is 0.0789 e. The Labute approximate surface area is 97.1 Å². The minimum absolute atomic E-state index is 1.12.